The van der Waals surface area contributed by atoms with Gasteiger partial charge in [0.05, 0.1) is 30.1 Å². The number of benzene rings is 1. The maximum Gasteiger partial charge on any atom is 0.156 e. The fourth-order valence-corrected chi connectivity index (χ4v) is 2.47. The largest absolute Gasteiger partial charge is 0.493 e. The van der Waals surface area contributed by atoms with Crippen LogP contribution in [0.5, 0.6) is 5.75 Å². The van der Waals surface area contributed by atoms with E-state index in [1.807, 2.05) is 18.2 Å². The fraction of sp³-hybridized carbons (Fsp3) is 0.167. The van der Waals surface area contributed by atoms with Gasteiger partial charge in [-0.25, -0.2) is 0 Å². The first kappa shape index (κ1) is 12.3. The van der Waals surface area contributed by atoms with Crippen molar-refractivity contribution >= 4 is 33.2 Å². The van der Waals surface area contributed by atoms with Gasteiger partial charge in [-0.2, -0.15) is 0 Å². The van der Waals surface area contributed by atoms with Crippen LogP contribution in [-0.2, 0) is 6.54 Å². The lowest BCUT2D eigenvalue weighted by atomic mass is 10.3. The second-order valence-electron chi connectivity index (χ2n) is 3.40. The van der Waals surface area contributed by atoms with Crippen molar-refractivity contribution < 1.29 is 9.15 Å². The first-order valence-corrected chi connectivity index (χ1v) is 6.17. The first-order chi connectivity index (χ1) is 8.20. The number of furan rings is 1. The predicted octanol–water partition coefficient (Wildman–Crippen LogP) is 4.32. The highest BCUT2D eigenvalue weighted by Gasteiger charge is 2.09. The monoisotopic (exact) mass is 315 g/mol. The number of hydrogen-bond acceptors (Lipinski definition) is 3. The number of ether oxygens (including phenoxy) is 1. The van der Waals surface area contributed by atoms with E-state index in [1.54, 1.807) is 19.4 Å². The Morgan fingerprint density at radius 3 is 2.94 bits per heavy atom. The summed E-state index contributed by atoms with van der Waals surface area (Å²) in [5.74, 6) is 1.57. The van der Waals surface area contributed by atoms with E-state index >= 15 is 0 Å². The number of anilines is 1. The number of halogens is 2. The van der Waals surface area contributed by atoms with Crippen LogP contribution >= 0.6 is 27.5 Å². The minimum atomic E-state index is 0.580. The van der Waals surface area contributed by atoms with Gasteiger partial charge in [-0.15, -0.1) is 0 Å². The summed E-state index contributed by atoms with van der Waals surface area (Å²) in [7, 11) is 1.62. The SMILES string of the molecule is COc1c(Br)cc(Cl)cc1NCc1ccco1. The number of nitrogens with one attached hydrogen (secondary N) is 1. The van der Waals surface area contributed by atoms with Gasteiger partial charge in [0.2, 0.25) is 0 Å². The molecule has 0 amide bonds. The summed E-state index contributed by atoms with van der Waals surface area (Å²) in [5, 5.41) is 3.85. The topological polar surface area (TPSA) is 34.4 Å². The van der Waals surface area contributed by atoms with Crippen LogP contribution < -0.4 is 10.1 Å². The van der Waals surface area contributed by atoms with E-state index in [-0.39, 0.29) is 0 Å². The quantitative estimate of drug-likeness (QED) is 0.912. The second kappa shape index (κ2) is 5.47. The Bertz CT molecular complexity index is 499. The maximum absolute atomic E-state index is 5.99. The molecule has 0 unspecified atom stereocenters. The molecule has 0 aliphatic heterocycles. The van der Waals surface area contributed by atoms with Crippen molar-refractivity contribution in [3.8, 4) is 5.75 Å². The van der Waals surface area contributed by atoms with Gasteiger partial charge in [-0.3, -0.25) is 0 Å². The van der Waals surface area contributed by atoms with Crippen molar-refractivity contribution in [2.45, 2.75) is 6.54 Å². The van der Waals surface area contributed by atoms with Crippen LogP contribution in [0.1, 0.15) is 5.76 Å². The Hall–Kier alpha value is -1.13. The molecule has 90 valence electrons. The van der Waals surface area contributed by atoms with Crippen LogP contribution in [0.25, 0.3) is 0 Å². The van der Waals surface area contributed by atoms with E-state index in [2.05, 4.69) is 21.2 Å². The summed E-state index contributed by atoms with van der Waals surface area (Å²) < 4.78 is 11.4. The van der Waals surface area contributed by atoms with Crippen LogP contribution in [-0.4, -0.2) is 7.11 Å². The summed E-state index contributed by atoms with van der Waals surface area (Å²) in [6.07, 6.45) is 1.64. The van der Waals surface area contributed by atoms with Gasteiger partial charge in [0, 0.05) is 5.02 Å². The minimum absolute atomic E-state index is 0.580. The van der Waals surface area contributed by atoms with Gasteiger partial charge < -0.3 is 14.5 Å². The van der Waals surface area contributed by atoms with Crippen molar-refractivity contribution in [1.82, 2.24) is 0 Å². The normalized spacial score (nSPS) is 10.3. The van der Waals surface area contributed by atoms with Gasteiger partial charge in [0.1, 0.15) is 5.76 Å². The van der Waals surface area contributed by atoms with E-state index in [1.165, 1.54) is 0 Å². The third kappa shape index (κ3) is 2.96. The smallest absolute Gasteiger partial charge is 0.156 e. The van der Waals surface area contributed by atoms with E-state index in [4.69, 9.17) is 20.8 Å². The third-order valence-corrected chi connectivity index (χ3v) is 3.05. The van der Waals surface area contributed by atoms with Crippen LogP contribution in [0, 0.1) is 0 Å². The molecule has 1 aromatic heterocycles. The van der Waals surface area contributed by atoms with Crippen LogP contribution in [0.2, 0.25) is 5.02 Å². The molecular formula is C12H11BrClNO2. The van der Waals surface area contributed by atoms with Crippen molar-refractivity contribution in [2.24, 2.45) is 0 Å². The molecule has 5 heteroatoms. The minimum Gasteiger partial charge on any atom is -0.493 e. The van der Waals surface area contributed by atoms with Crippen LogP contribution in [0.4, 0.5) is 5.69 Å². The molecule has 1 N–H and O–H groups in total. The molecule has 0 spiro atoms. The summed E-state index contributed by atoms with van der Waals surface area (Å²) in [6, 6.07) is 7.35. The van der Waals surface area contributed by atoms with Gasteiger partial charge >= 0.3 is 0 Å². The first-order valence-electron chi connectivity index (χ1n) is 5.00. The zero-order chi connectivity index (χ0) is 12.3. The Balaban J connectivity index is 2.19. The average Bonchev–Trinajstić information content (AvgIpc) is 2.78. The zero-order valence-corrected chi connectivity index (χ0v) is 11.5. The zero-order valence-electron chi connectivity index (χ0n) is 9.17. The maximum atomic E-state index is 5.99. The van der Waals surface area contributed by atoms with Crippen molar-refractivity contribution in [3.05, 3.63) is 45.8 Å². The van der Waals surface area contributed by atoms with Gasteiger partial charge in [0.25, 0.3) is 0 Å². The Labute approximate surface area is 113 Å². The lowest BCUT2D eigenvalue weighted by Crippen LogP contribution is -2.01. The highest BCUT2D eigenvalue weighted by Crippen LogP contribution is 2.36. The fourth-order valence-electron chi connectivity index (χ4n) is 1.49. The Morgan fingerprint density at radius 2 is 2.29 bits per heavy atom. The molecule has 0 fully saturated rings. The molecule has 0 radical (unpaired) electrons. The molecule has 0 aliphatic carbocycles. The molecule has 0 aliphatic rings. The number of rotatable bonds is 4. The molecule has 2 aromatic rings. The molecular weight excluding hydrogens is 305 g/mol. The van der Waals surface area contributed by atoms with E-state index in [0.29, 0.717) is 11.6 Å². The average molecular weight is 317 g/mol. The second-order valence-corrected chi connectivity index (χ2v) is 4.69. The molecule has 0 bridgehead atoms. The van der Waals surface area contributed by atoms with Gasteiger partial charge in [-0.05, 0) is 40.2 Å². The van der Waals surface area contributed by atoms with Crippen LogP contribution in [0.15, 0.2) is 39.4 Å². The third-order valence-electron chi connectivity index (χ3n) is 2.25. The summed E-state index contributed by atoms with van der Waals surface area (Å²) in [6.45, 7) is 0.580. The summed E-state index contributed by atoms with van der Waals surface area (Å²) in [4.78, 5) is 0. The molecule has 17 heavy (non-hydrogen) atoms. The van der Waals surface area contributed by atoms with Gasteiger partial charge in [0.15, 0.2) is 5.75 Å². The molecule has 1 aromatic carbocycles. The molecule has 3 nitrogen and oxygen atoms in total. The highest BCUT2D eigenvalue weighted by atomic mass is 79.9. The molecule has 0 saturated heterocycles. The van der Waals surface area contributed by atoms with Crippen molar-refractivity contribution in [3.63, 3.8) is 0 Å². The van der Waals surface area contributed by atoms with Crippen molar-refractivity contribution in [1.29, 1.82) is 0 Å². The Morgan fingerprint density at radius 1 is 1.47 bits per heavy atom. The lowest BCUT2D eigenvalue weighted by molar-refractivity contribution is 0.413. The Kier molecular flexibility index (Phi) is 3.97. The number of methoxy groups -OCH3 is 1. The highest BCUT2D eigenvalue weighted by molar-refractivity contribution is 9.10. The summed E-state index contributed by atoms with van der Waals surface area (Å²) in [5.41, 5.74) is 0.822. The standard InChI is InChI=1S/C12H11BrClNO2/c1-16-12-10(13)5-8(14)6-11(12)15-7-9-3-2-4-17-9/h2-6,15H,7H2,1H3. The van der Waals surface area contributed by atoms with E-state index in [0.717, 1.165) is 21.7 Å². The van der Waals surface area contributed by atoms with E-state index < -0.39 is 0 Å². The summed E-state index contributed by atoms with van der Waals surface area (Å²) >= 11 is 9.39. The van der Waals surface area contributed by atoms with Crippen LogP contribution in [0.3, 0.4) is 0 Å². The predicted molar refractivity (Wildman–Crippen MR) is 71.7 cm³/mol. The van der Waals surface area contributed by atoms with Crippen molar-refractivity contribution in [2.75, 3.05) is 12.4 Å². The molecule has 1 heterocycles. The van der Waals surface area contributed by atoms with E-state index in [9.17, 15) is 0 Å². The molecule has 0 atom stereocenters. The van der Waals surface area contributed by atoms with Gasteiger partial charge in [-0.1, -0.05) is 11.6 Å². The molecule has 2 rings (SSSR count). The number of hydrogen-bond donors (Lipinski definition) is 1. The molecule has 0 saturated carbocycles. The lowest BCUT2D eigenvalue weighted by Gasteiger charge is -2.12.